The molecule has 1 heterocycles. The first-order chi connectivity index (χ1) is 4.84. The lowest BCUT2D eigenvalue weighted by atomic mass is 10.3. The maximum Gasteiger partial charge on any atom is 0.123 e. The molecule has 3 heteroatoms. The van der Waals surface area contributed by atoms with Gasteiger partial charge >= 0.3 is 0 Å². The Kier molecular flexibility index (Phi) is 2.51. The minimum Gasteiger partial charge on any atom is -0.246 e. The molecule has 1 rings (SSSR count). The van der Waals surface area contributed by atoms with Crippen LogP contribution in [-0.2, 0) is 6.42 Å². The summed E-state index contributed by atoms with van der Waals surface area (Å²) in [6.45, 7) is 3.61. The molecule has 1 aromatic rings. The summed E-state index contributed by atoms with van der Waals surface area (Å²) in [7, 11) is 0. The lowest BCUT2D eigenvalue weighted by Crippen LogP contribution is -1.90. The van der Waals surface area contributed by atoms with Gasteiger partial charge < -0.3 is 0 Å². The summed E-state index contributed by atoms with van der Waals surface area (Å²) in [4.78, 5) is 4.04. The molecule has 0 fully saturated rings. The highest BCUT2D eigenvalue weighted by Crippen LogP contribution is 2.02. The molecule has 10 heavy (non-hydrogen) atoms. The first-order valence-corrected chi connectivity index (χ1v) is 3.47. The van der Waals surface area contributed by atoms with Crippen molar-refractivity contribution in [3.8, 4) is 0 Å². The Morgan fingerprint density at radius 3 is 3.10 bits per heavy atom. The molecule has 0 aromatic carbocycles. The lowest BCUT2D eigenvalue weighted by molar-refractivity contribution is 0.886. The van der Waals surface area contributed by atoms with Crippen molar-refractivity contribution in [2.24, 2.45) is 0 Å². The number of nitrogens with zero attached hydrogens (tertiary/aromatic N) is 2. The summed E-state index contributed by atoms with van der Waals surface area (Å²) in [5.41, 5.74) is 0. The lowest BCUT2D eigenvalue weighted by Gasteiger charge is -1.93. The summed E-state index contributed by atoms with van der Waals surface area (Å²) in [5, 5.41) is 0. The standard InChI is InChI=1S/C7H9ClN2/c1-2-3-4-7-9-5-6-10(7)8/h2,5-6H,1,3-4H2. The van der Waals surface area contributed by atoms with Gasteiger partial charge in [0.25, 0.3) is 0 Å². The van der Waals surface area contributed by atoms with Crippen molar-refractivity contribution in [2.45, 2.75) is 12.8 Å². The van der Waals surface area contributed by atoms with E-state index >= 15 is 0 Å². The summed E-state index contributed by atoms with van der Waals surface area (Å²) < 4.78 is 1.50. The van der Waals surface area contributed by atoms with E-state index in [0.29, 0.717) is 0 Å². The predicted molar refractivity (Wildman–Crippen MR) is 42.0 cm³/mol. The second kappa shape index (κ2) is 3.42. The van der Waals surface area contributed by atoms with Gasteiger partial charge in [0.15, 0.2) is 0 Å². The van der Waals surface area contributed by atoms with E-state index in [9.17, 15) is 0 Å². The van der Waals surface area contributed by atoms with Crippen LogP contribution in [0.1, 0.15) is 12.2 Å². The highest BCUT2D eigenvalue weighted by Gasteiger charge is 1.96. The molecule has 0 amide bonds. The van der Waals surface area contributed by atoms with Crippen LogP contribution >= 0.6 is 11.8 Å². The van der Waals surface area contributed by atoms with Crippen LogP contribution in [0.4, 0.5) is 0 Å². The summed E-state index contributed by atoms with van der Waals surface area (Å²) >= 11 is 5.70. The minimum absolute atomic E-state index is 0.861. The molecule has 0 atom stereocenters. The quantitative estimate of drug-likeness (QED) is 0.613. The van der Waals surface area contributed by atoms with Gasteiger partial charge in [-0.3, -0.25) is 0 Å². The van der Waals surface area contributed by atoms with Crippen molar-refractivity contribution in [1.82, 2.24) is 9.07 Å². The van der Waals surface area contributed by atoms with Gasteiger partial charge in [-0.1, -0.05) is 6.08 Å². The smallest absolute Gasteiger partial charge is 0.123 e. The third kappa shape index (κ3) is 1.61. The van der Waals surface area contributed by atoms with Crippen LogP contribution in [0.2, 0.25) is 0 Å². The number of hydrogen-bond acceptors (Lipinski definition) is 1. The fraction of sp³-hybridized carbons (Fsp3) is 0.286. The van der Waals surface area contributed by atoms with Crippen molar-refractivity contribution >= 4 is 11.8 Å². The van der Waals surface area contributed by atoms with Gasteiger partial charge in [0, 0.05) is 30.6 Å². The van der Waals surface area contributed by atoms with Gasteiger partial charge in [0.05, 0.1) is 0 Å². The van der Waals surface area contributed by atoms with Crippen LogP contribution in [0, 0.1) is 0 Å². The summed E-state index contributed by atoms with van der Waals surface area (Å²) in [6, 6.07) is 0. The maximum absolute atomic E-state index is 5.70. The number of allylic oxidation sites excluding steroid dienone is 1. The van der Waals surface area contributed by atoms with Gasteiger partial charge in [0.1, 0.15) is 5.82 Å². The molecule has 0 unspecified atom stereocenters. The number of hydrogen-bond donors (Lipinski definition) is 0. The Balaban J connectivity index is 2.56. The molecule has 0 bridgehead atoms. The zero-order valence-electron chi connectivity index (χ0n) is 5.63. The van der Waals surface area contributed by atoms with Gasteiger partial charge in [0.2, 0.25) is 0 Å². The molecule has 0 saturated carbocycles. The molecule has 0 aliphatic heterocycles. The second-order valence-electron chi connectivity index (χ2n) is 1.98. The average Bonchev–Trinajstić information content (AvgIpc) is 2.31. The topological polar surface area (TPSA) is 17.8 Å². The van der Waals surface area contributed by atoms with Crippen LogP contribution < -0.4 is 0 Å². The normalized spacial score (nSPS) is 9.70. The maximum atomic E-state index is 5.70. The fourth-order valence-electron chi connectivity index (χ4n) is 0.722. The van der Waals surface area contributed by atoms with E-state index in [2.05, 4.69) is 11.6 Å². The Morgan fingerprint density at radius 1 is 1.80 bits per heavy atom. The van der Waals surface area contributed by atoms with E-state index in [-0.39, 0.29) is 0 Å². The molecule has 0 saturated heterocycles. The van der Waals surface area contributed by atoms with Crippen molar-refractivity contribution in [1.29, 1.82) is 0 Å². The van der Waals surface area contributed by atoms with Gasteiger partial charge in [-0.25, -0.2) is 9.07 Å². The molecule has 2 nitrogen and oxygen atoms in total. The number of aryl methyl sites for hydroxylation is 1. The van der Waals surface area contributed by atoms with Crippen molar-refractivity contribution in [2.75, 3.05) is 0 Å². The molecule has 0 N–H and O–H groups in total. The van der Waals surface area contributed by atoms with E-state index in [4.69, 9.17) is 11.8 Å². The minimum atomic E-state index is 0.861. The Bertz CT molecular complexity index is 217. The van der Waals surface area contributed by atoms with Crippen LogP contribution in [0.25, 0.3) is 0 Å². The molecule has 1 aromatic heterocycles. The van der Waals surface area contributed by atoms with Gasteiger partial charge in [-0.05, 0) is 6.42 Å². The highest BCUT2D eigenvalue weighted by molar-refractivity contribution is 6.15. The van der Waals surface area contributed by atoms with E-state index in [0.717, 1.165) is 18.7 Å². The monoisotopic (exact) mass is 156 g/mol. The zero-order chi connectivity index (χ0) is 7.40. The summed E-state index contributed by atoms with van der Waals surface area (Å²) in [5.74, 6) is 0.890. The van der Waals surface area contributed by atoms with E-state index in [1.807, 2.05) is 6.08 Å². The van der Waals surface area contributed by atoms with Crippen LogP contribution in [-0.4, -0.2) is 9.07 Å². The third-order valence-electron chi connectivity index (χ3n) is 1.24. The van der Waals surface area contributed by atoms with Gasteiger partial charge in [-0.2, -0.15) is 0 Å². The molecule has 0 aliphatic carbocycles. The van der Waals surface area contributed by atoms with Crippen LogP contribution in [0.3, 0.4) is 0 Å². The molecule has 54 valence electrons. The fourth-order valence-corrected chi connectivity index (χ4v) is 0.900. The predicted octanol–water partition coefficient (Wildman–Crippen LogP) is 2.00. The first-order valence-electron chi connectivity index (χ1n) is 3.14. The van der Waals surface area contributed by atoms with E-state index in [1.54, 1.807) is 12.4 Å². The molecular formula is C7H9ClN2. The Morgan fingerprint density at radius 2 is 2.60 bits per heavy atom. The van der Waals surface area contributed by atoms with E-state index in [1.165, 1.54) is 4.09 Å². The number of halogens is 1. The first kappa shape index (κ1) is 7.35. The van der Waals surface area contributed by atoms with Gasteiger partial charge in [-0.15, -0.1) is 6.58 Å². The number of imidazole rings is 1. The zero-order valence-corrected chi connectivity index (χ0v) is 6.38. The molecule has 0 aliphatic rings. The van der Waals surface area contributed by atoms with Crippen LogP contribution in [0.5, 0.6) is 0 Å². The Labute approximate surface area is 65.3 Å². The molecular weight excluding hydrogens is 148 g/mol. The number of rotatable bonds is 3. The summed E-state index contributed by atoms with van der Waals surface area (Å²) in [6.07, 6.45) is 7.04. The van der Waals surface area contributed by atoms with Crippen LogP contribution in [0.15, 0.2) is 25.0 Å². The van der Waals surface area contributed by atoms with Crippen molar-refractivity contribution in [3.63, 3.8) is 0 Å². The SMILES string of the molecule is C=CCCc1nccn1Cl. The largest absolute Gasteiger partial charge is 0.246 e. The average molecular weight is 157 g/mol. The molecule has 0 radical (unpaired) electrons. The second-order valence-corrected chi connectivity index (χ2v) is 2.35. The van der Waals surface area contributed by atoms with Crippen molar-refractivity contribution in [3.05, 3.63) is 30.9 Å². The molecule has 0 spiro atoms. The third-order valence-corrected chi connectivity index (χ3v) is 1.55. The van der Waals surface area contributed by atoms with E-state index < -0.39 is 0 Å². The Hall–Kier alpha value is -0.760. The highest BCUT2D eigenvalue weighted by atomic mass is 35.5. The van der Waals surface area contributed by atoms with Crippen molar-refractivity contribution < 1.29 is 0 Å². The number of aromatic nitrogens is 2.